The minimum absolute atomic E-state index is 0.612. The lowest BCUT2D eigenvalue weighted by atomic mass is 9.96. The monoisotopic (exact) mass is 181 g/mol. The molecule has 1 atom stereocenters. The first-order valence-corrected chi connectivity index (χ1v) is 5.16. The van der Waals surface area contributed by atoms with Gasteiger partial charge in [0.15, 0.2) is 0 Å². The molecular weight excluding hydrogens is 158 g/mol. The summed E-state index contributed by atoms with van der Waals surface area (Å²) in [6, 6.07) is 0. The Balaban J connectivity index is 4.41. The molecule has 0 saturated heterocycles. The van der Waals surface area contributed by atoms with E-state index in [1.165, 1.54) is 12.1 Å². The number of allylic oxidation sites excluding steroid dienone is 3. The molecule has 0 aliphatic heterocycles. The van der Waals surface area contributed by atoms with Crippen LogP contribution >= 0.6 is 0 Å². The summed E-state index contributed by atoms with van der Waals surface area (Å²) in [6.45, 7) is 10.4. The molecule has 1 N–H and O–H groups in total. The summed E-state index contributed by atoms with van der Waals surface area (Å²) in [5, 5.41) is 3.28. The normalized spacial score (nSPS) is 14.4. The standard InChI is InChI=1S/C12H23N/c1-6-8-11(7-2)12(13-5)9-10(3)4/h6,9-11,13H,1,7-8H2,2-5H3/b12-9-. The van der Waals surface area contributed by atoms with Crippen LogP contribution in [0.3, 0.4) is 0 Å². The van der Waals surface area contributed by atoms with Gasteiger partial charge in [-0.1, -0.05) is 32.9 Å². The lowest BCUT2D eigenvalue weighted by Gasteiger charge is -2.18. The van der Waals surface area contributed by atoms with Crippen molar-refractivity contribution < 1.29 is 0 Å². The zero-order chi connectivity index (χ0) is 10.3. The summed E-state index contributed by atoms with van der Waals surface area (Å²) in [4.78, 5) is 0. The van der Waals surface area contributed by atoms with Gasteiger partial charge >= 0.3 is 0 Å². The highest BCUT2D eigenvalue weighted by atomic mass is 14.8. The fraction of sp³-hybridized carbons (Fsp3) is 0.667. The summed E-state index contributed by atoms with van der Waals surface area (Å²) >= 11 is 0. The van der Waals surface area contributed by atoms with Crippen LogP contribution in [0.4, 0.5) is 0 Å². The lowest BCUT2D eigenvalue weighted by molar-refractivity contribution is 0.557. The van der Waals surface area contributed by atoms with Crippen LogP contribution in [0.25, 0.3) is 0 Å². The first-order chi connectivity index (χ1) is 6.15. The van der Waals surface area contributed by atoms with Crippen LogP contribution in [0.2, 0.25) is 0 Å². The molecule has 0 aromatic carbocycles. The number of nitrogens with one attached hydrogen (secondary N) is 1. The molecule has 0 rings (SSSR count). The van der Waals surface area contributed by atoms with Crippen molar-refractivity contribution in [1.29, 1.82) is 0 Å². The molecule has 0 aliphatic rings. The van der Waals surface area contributed by atoms with Crippen molar-refractivity contribution in [2.45, 2.75) is 33.6 Å². The van der Waals surface area contributed by atoms with Crippen LogP contribution in [0.15, 0.2) is 24.4 Å². The second-order valence-corrected chi connectivity index (χ2v) is 3.75. The third-order valence-electron chi connectivity index (χ3n) is 2.19. The molecule has 0 amide bonds. The molecule has 0 spiro atoms. The Labute approximate surface area is 82.9 Å². The van der Waals surface area contributed by atoms with Gasteiger partial charge in [0.05, 0.1) is 0 Å². The average Bonchev–Trinajstić information content (AvgIpc) is 2.10. The molecule has 1 unspecified atom stereocenters. The largest absolute Gasteiger partial charge is 0.391 e. The van der Waals surface area contributed by atoms with Gasteiger partial charge < -0.3 is 5.32 Å². The second-order valence-electron chi connectivity index (χ2n) is 3.75. The fourth-order valence-corrected chi connectivity index (χ4v) is 1.50. The summed E-state index contributed by atoms with van der Waals surface area (Å²) in [5.74, 6) is 1.23. The van der Waals surface area contributed by atoms with Crippen molar-refractivity contribution in [3.05, 3.63) is 24.4 Å². The maximum absolute atomic E-state index is 3.79. The SMILES string of the molecule is C=CCC(CC)/C(=C/C(C)C)NC. The summed E-state index contributed by atoms with van der Waals surface area (Å²) < 4.78 is 0. The quantitative estimate of drug-likeness (QED) is 0.620. The summed E-state index contributed by atoms with van der Waals surface area (Å²) in [6.07, 6.45) is 6.54. The van der Waals surface area contributed by atoms with Gasteiger partial charge in [0.2, 0.25) is 0 Å². The van der Waals surface area contributed by atoms with Crippen molar-refractivity contribution in [3.63, 3.8) is 0 Å². The molecule has 0 heterocycles. The number of rotatable bonds is 6. The molecule has 1 nitrogen and oxygen atoms in total. The van der Waals surface area contributed by atoms with E-state index in [1.54, 1.807) is 0 Å². The van der Waals surface area contributed by atoms with E-state index >= 15 is 0 Å². The van der Waals surface area contributed by atoms with Crippen molar-refractivity contribution in [2.75, 3.05) is 7.05 Å². The Morgan fingerprint density at radius 1 is 1.46 bits per heavy atom. The average molecular weight is 181 g/mol. The molecule has 0 fully saturated rings. The lowest BCUT2D eigenvalue weighted by Crippen LogP contribution is -2.16. The Hall–Kier alpha value is -0.720. The molecule has 13 heavy (non-hydrogen) atoms. The third kappa shape index (κ3) is 4.76. The molecule has 1 heteroatoms. The van der Waals surface area contributed by atoms with Gasteiger partial charge in [-0.3, -0.25) is 0 Å². The first kappa shape index (κ1) is 12.3. The predicted molar refractivity (Wildman–Crippen MR) is 60.6 cm³/mol. The van der Waals surface area contributed by atoms with Crippen LogP contribution in [-0.4, -0.2) is 7.05 Å². The highest BCUT2D eigenvalue weighted by Crippen LogP contribution is 2.18. The predicted octanol–water partition coefficient (Wildman–Crippen LogP) is 3.35. The molecule has 0 aliphatic carbocycles. The Morgan fingerprint density at radius 2 is 2.08 bits per heavy atom. The minimum atomic E-state index is 0.612. The van der Waals surface area contributed by atoms with Gasteiger partial charge in [-0.25, -0.2) is 0 Å². The maximum Gasteiger partial charge on any atom is 0.0101 e. The maximum atomic E-state index is 3.79. The van der Waals surface area contributed by atoms with E-state index in [4.69, 9.17) is 0 Å². The minimum Gasteiger partial charge on any atom is -0.391 e. The summed E-state index contributed by atoms with van der Waals surface area (Å²) in [5.41, 5.74) is 1.36. The Morgan fingerprint density at radius 3 is 2.38 bits per heavy atom. The van der Waals surface area contributed by atoms with Gasteiger partial charge in [0.25, 0.3) is 0 Å². The zero-order valence-electron chi connectivity index (χ0n) is 9.43. The highest BCUT2D eigenvalue weighted by Gasteiger charge is 2.09. The molecule has 0 aromatic rings. The van der Waals surface area contributed by atoms with Crippen LogP contribution in [0, 0.1) is 11.8 Å². The smallest absolute Gasteiger partial charge is 0.0101 e. The fourth-order valence-electron chi connectivity index (χ4n) is 1.50. The van der Waals surface area contributed by atoms with E-state index in [-0.39, 0.29) is 0 Å². The topological polar surface area (TPSA) is 12.0 Å². The molecule has 0 bridgehead atoms. The van der Waals surface area contributed by atoms with Crippen molar-refractivity contribution >= 4 is 0 Å². The van der Waals surface area contributed by atoms with Gasteiger partial charge in [-0.15, -0.1) is 6.58 Å². The van der Waals surface area contributed by atoms with E-state index in [1.807, 2.05) is 13.1 Å². The van der Waals surface area contributed by atoms with Gasteiger partial charge in [0.1, 0.15) is 0 Å². The van der Waals surface area contributed by atoms with Crippen LogP contribution in [-0.2, 0) is 0 Å². The van der Waals surface area contributed by atoms with Gasteiger partial charge in [0, 0.05) is 18.7 Å². The van der Waals surface area contributed by atoms with Crippen LogP contribution < -0.4 is 5.32 Å². The Bertz CT molecular complexity index is 168. The second kappa shape index (κ2) is 6.76. The molecular formula is C12H23N. The van der Waals surface area contributed by atoms with Crippen molar-refractivity contribution in [2.24, 2.45) is 11.8 Å². The van der Waals surface area contributed by atoms with Gasteiger partial charge in [-0.05, 0) is 18.8 Å². The summed E-state index contributed by atoms with van der Waals surface area (Å²) in [7, 11) is 2.00. The van der Waals surface area contributed by atoms with E-state index in [0.717, 1.165) is 6.42 Å². The van der Waals surface area contributed by atoms with Gasteiger partial charge in [-0.2, -0.15) is 0 Å². The first-order valence-electron chi connectivity index (χ1n) is 5.16. The molecule has 0 aromatic heterocycles. The van der Waals surface area contributed by atoms with E-state index in [0.29, 0.717) is 11.8 Å². The van der Waals surface area contributed by atoms with Crippen molar-refractivity contribution in [1.82, 2.24) is 5.32 Å². The number of hydrogen-bond acceptors (Lipinski definition) is 1. The van der Waals surface area contributed by atoms with E-state index in [2.05, 4.69) is 38.7 Å². The van der Waals surface area contributed by atoms with E-state index in [9.17, 15) is 0 Å². The molecule has 0 radical (unpaired) electrons. The Kier molecular flexibility index (Phi) is 6.38. The highest BCUT2D eigenvalue weighted by molar-refractivity contribution is 5.06. The number of hydrogen-bond donors (Lipinski definition) is 1. The van der Waals surface area contributed by atoms with E-state index < -0.39 is 0 Å². The van der Waals surface area contributed by atoms with Crippen LogP contribution in [0.5, 0.6) is 0 Å². The van der Waals surface area contributed by atoms with Crippen LogP contribution in [0.1, 0.15) is 33.6 Å². The molecule has 76 valence electrons. The van der Waals surface area contributed by atoms with Crippen molar-refractivity contribution in [3.8, 4) is 0 Å². The zero-order valence-corrected chi connectivity index (χ0v) is 9.43. The third-order valence-corrected chi connectivity index (χ3v) is 2.19. The molecule has 0 saturated carbocycles.